The van der Waals surface area contributed by atoms with Crippen molar-refractivity contribution in [1.29, 1.82) is 0 Å². The van der Waals surface area contributed by atoms with E-state index >= 15 is 0 Å². The number of aryl methyl sites for hydroxylation is 1. The monoisotopic (exact) mass is 506 g/mol. The molecule has 0 radical (unpaired) electrons. The van der Waals surface area contributed by atoms with Gasteiger partial charge >= 0.3 is 6.09 Å². The third-order valence-electron chi connectivity index (χ3n) is 6.25. The zero-order valence-corrected chi connectivity index (χ0v) is 21.5. The van der Waals surface area contributed by atoms with Crippen LogP contribution in [-0.4, -0.2) is 50.4 Å². The van der Waals surface area contributed by atoms with E-state index in [-0.39, 0.29) is 25.7 Å². The third-order valence-corrected chi connectivity index (χ3v) is 6.25. The van der Waals surface area contributed by atoms with Gasteiger partial charge in [0.05, 0.1) is 25.3 Å². The molecule has 1 aromatic heterocycles. The van der Waals surface area contributed by atoms with Gasteiger partial charge in [-0.15, -0.1) is 10.2 Å². The van der Waals surface area contributed by atoms with E-state index in [4.69, 9.17) is 15.2 Å². The van der Waals surface area contributed by atoms with E-state index in [1.54, 1.807) is 18.7 Å². The third kappa shape index (κ3) is 6.72. The number of fused-ring (bicyclic) bond motifs is 1. The van der Waals surface area contributed by atoms with Crippen LogP contribution >= 0.6 is 0 Å². The van der Waals surface area contributed by atoms with Crippen molar-refractivity contribution in [2.24, 2.45) is 5.73 Å². The molecule has 0 saturated heterocycles. The highest BCUT2D eigenvalue weighted by Gasteiger charge is 2.31. The fraction of sp³-hybridized carbons (Fsp3) is 0.407. The average Bonchev–Trinajstić information content (AvgIpc) is 3.30. The van der Waals surface area contributed by atoms with Crippen LogP contribution in [-0.2, 0) is 40.6 Å². The predicted octanol–water partition coefficient (Wildman–Crippen LogP) is 2.85. The summed E-state index contributed by atoms with van der Waals surface area (Å²) in [5, 5.41) is 11.6. The van der Waals surface area contributed by atoms with Crippen molar-refractivity contribution in [3.63, 3.8) is 0 Å². The quantitative estimate of drug-likeness (QED) is 0.457. The van der Waals surface area contributed by atoms with Crippen LogP contribution < -0.4 is 11.1 Å². The largest absolute Gasteiger partial charge is 0.445 e. The van der Waals surface area contributed by atoms with Crippen LogP contribution in [0.5, 0.6) is 0 Å². The van der Waals surface area contributed by atoms with Crippen molar-refractivity contribution in [3.8, 4) is 0 Å². The molecule has 10 heteroatoms. The number of nitrogens with one attached hydrogen (secondary N) is 1. The smallest absolute Gasteiger partial charge is 0.410 e. The second-order valence-electron chi connectivity index (χ2n) is 9.78. The van der Waals surface area contributed by atoms with Crippen molar-refractivity contribution < 1.29 is 19.1 Å². The van der Waals surface area contributed by atoms with E-state index in [2.05, 4.69) is 15.5 Å². The van der Waals surface area contributed by atoms with Gasteiger partial charge in [-0.1, -0.05) is 54.6 Å². The average molecular weight is 507 g/mol. The topological polar surface area (TPSA) is 125 Å². The minimum atomic E-state index is -1.07. The maximum Gasteiger partial charge on any atom is 0.410 e. The molecule has 1 aliphatic rings. The summed E-state index contributed by atoms with van der Waals surface area (Å²) >= 11 is 0. The summed E-state index contributed by atoms with van der Waals surface area (Å²) in [5.74, 6) is 0.854. The highest BCUT2D eigenvalue weighted by atomic mass is 16.6. The number of aromatic nitrogens is 3. The number of hydrogen-bond acceptors (Lipinski definition) is 7. The Morgan fingerprint density at radius 3 is 2.51 bits per heavy atom. The number of rotatable bonds is 9. The predicted molar refractivity (Wildman–Crippen MR) is 137 cm³/mol. The Bertz CT molecular complexity index is 1220. The summed E-state index contributed by atoms with van der Waals surface area (Å²) in [4.78, 5) is 27.0. The summed E-state index contributed by atoms with van der Waals surface area (Å²) < 4.78 is 13.4. The van der Waals surface area contributed by atoms with Crippen molar-refractivity contribution in [3.05, 3.63) is 82.9 Å². The second kappa shape index (κ2) is 11.5. The SMILES string of the molecule is Cc1ccccc1COC(=O)N1CCn2c(nnc2[C@@H](COCc2ccccc2)NC(=O)C(C)(C)N)C1. The van der Waals surface area contributed by atoms with E-state index in [1.807, 2.05) is 66.1 Å². The number of carbonyl (C=O) groups excluding carboxylic acids is 2. The molecule has 0 bridgehead atoms. The highest BCUT2D eigenvalue weighted by Crippen LogP contribution is 2.20. The molecule has 0 unspecified atom stereocenters. The molecular weight excluding hydrogens is 472 g/mol. The molecule has 0 spiro atoms. The Hall–Kier alpha value is -3.76. The fourth-order valence-corrected chi connectivity index (χ4v) is 3.99. The first-order valence-corrected chi connectivity index (χ1v) is 12.3. The molecule has 0 saturated carbocycles. The van der Waals surface area contributed by atoms with Gasteiger partial charge in [-0.3, -0.25) is 9.69 Å². The van der Waals surface area contributed by atoms with Crippen LogP contribution in [0.25, 0.3) is 0 Å². The molecule has 196 valence electrons. The molecule has 3 aromatic rings. The van der Waals surface area contributed by atoms with Crippen molar-refractivity contribution in [1.82, 2.24) is 25.0 Å². The summed E-state index contributed by atoms with van der Waals surface area (Å²) in [7, 11) is 0. The number of nitrogens with two attached hydrogens (primary N) is 1. The molecule has 1 atom stereocenters. The summed E-state index contributed by atoms with van der Waals surface area (Å²) in [6.07, 6.45) is -0.403. The second-order valence-corrected chi connectivity index (χ2v) is 9.78. The lowest BCUT2D eigenvalue weighted by Gasteiger charge is -2.29. The first-order chi connectivity index (χ1) is 17.7. The number of ether oxygens (including phenoxy) is 2. The van der Waals surface area contributed by atoms with Gasteiger partial charge in [0.2, 0.25) is 5.91 Å². The van der Waals surface area contributed by atoms with Gasteiger partial charge in [0, 0.05) is 13.1 Å². The fourth-order valence-electron chi connectivity index (χ4n) is 3.99. The van der Waals surface area contributed by atoms with Gasteiger partial charge in [-0.05, 0) is 37.5 Å². The van der Waals surface area contributed by atoms with Crippen molar-refractivity contribution in [2.45, 2.75) is 58.7 Å². The van der Waals surface area contributed by atoms with E-state index in [9.17, 15) is 9.59 Å². The van der Waals surface area contributed by atoms with Crippen LogP contribution in [0, 0.1) is 6.92 Å². The minimum Gasteiger partial charge on any atom is -0.445 e. The van der Waals surface area contributed by atoms with Crippen LogP contribution in [0.3, 0.4) is 0 Å². The number of hydrogen-bond donors (Lipinski definition) is 2. The molecule has 1 aliphatic heterocycles. The molecular formula is C27H34N6O4. The number of amides is 2. The zero-order chi connectivity index (χ0) is 26.4. The molecule has 37 heavy (non-hydrogen) atoms. The van der Waals surface area contributed by atoms with Gasteiger partial charge in [-0.2, -0.15) is 0 Å². The summed E-state index contributed by atoms with van der Waals surface area (Å²) in [5.41, 5.74) is 8.01. The molecule has 2 amide bonds. The van der Waals surface area contributed by atoms with Crippen LogP contribution in [0.4, 0.5) is 4.79 Å². The Balaban J connectivity index is 1.43. The first-order valence-electron chi connectivity index (χ1n) is 12.3. The maximum atomic E-state index is 12.7. The first kappa shape index (κ1) is 26.3. The number of carbonyl (C=O) groups is 2. The number of benzene rings is 2. The van der Waals surface area contributed by atoms with Gasteiger partial charge < -0.3 is 25.1 Å². The van der Waals surface area contributed by atoms with Crippen LogP contribution in [0.2, 0.25) is 0 Å². The van der Waals surface area contributed by atoms with Gasteiger partial charge in [-0.25, -0.2) is 4.79 Å². The Morgan fingerprint density at radius 2 is 1.78 bits per heavy atom. The molecule has 2 aromatic carbocycles. The highest BCUT2D eigenvalue weighted by molar-refractivity contribution is 5.85. The van der Waals surface area contributed by atoms with Crippen molar-refractivity contribution in [2.75, 3.05) is 13.2 Å². The molecule has 3 N–H and O–H groups in total. The Kier molecular flexibility index (Phi) is 8.20. The van der Waals surface area contributed by atoms with E-state index in [1.165, 1.54) is 0 Å². The van der Waals surface area contributed by atoms with Gasteiger partial charge in [0.1, 0.15) is 12.6 Å². The van der Waals surface area contributed by atoms with Gasteiger partial charge in [0.15, 0.2) is 11.6 Å². The maximum absolute atomic E-state index is 12.7. The lowest BCUT2D eigenvalue weighted by Crippen LogP contribution is -2.51. The Labute approximate surface area is 216 Å². The lowest BCUT2D eigenvalue weighted by molar-refractivity contribution is -0.126. The standard InChI is InChI=1S/C27H34N6O4/c1-19-9-7-8-12-21(19)17-37-26(35)32-13-14-33-23(15-32)30-31-24(33)22(29-25(34)27(2,3)28)18-36-16-20-10-5-4-6-11-20/h4-12,22H,13-18,28H2,1-3H3,(H,29,34)/t22-/m1/s1. The minimum absolute atomic E-state index is 0.191. The van der Waals surface area contributed by atoms with E-state index in [0.29, 0.717) is 31.3 Å². The summed E-state index contributed by atoms with van der Waals surface area (Å²) in [6, 6.07) is 17.0. The van der Waals surface area contributed by atoms with Gasteiger partial charge in [0.25, 0.3) is 0 Å². The number of nitrogens with zero attached hydrogens (tertiary/aromatic N) is 4. The molecule has 2 heterocycles. The molecule has 0 aliphatic carbocycles. The molecule has 0 fully saturated rings. The normalized spacial score (nSPS) is 14.1. The zero-order valence-electron chi connectivity index (χ0n) is 21.5. The lowest BCUT2D eigenvalue weighted by atomic mass is 10.1. The van der Waals surface area contributed by atoms with Crippen LogP contribution in [0.1, 0.15) is 48.2 Å². The van der Waals surface area contributed by atoms with E-state index in [0.717, 1.165) is 16.7 Å². The molecule has 4 rings (SSSR count). The molecule has 10 nitrogen and oxygen atoms in total. The summed E-state index contributed by atoms with van der Waals surface area (Å²) in [6.45, 7) is 7.21. The van der Waals surface area contributed by atoms with Crippen LogP contribution in [0.15, 0.2) is 54.6 Å². The Morgan fingerprint density at radius 1 is 1.05 bits per heavy atom. The van der Waals surface area contributed by atoms with E-state index < -0.39 is 17.7 Å². The van der Waals surface area contributed by atoms with Crippen molar-refractivity contribution >= 4 is 12.0 Å².